The Morgan fingerprint density at radius 2 is 2.08 bits per heavy atom. The second-order valence-electron chi connectivity index (χ2n) is 2.26. The first kappa shape index (κ1) is 14.8. The summed E-state index contributed by atoms with van der Waals surface area (Å²) in [7, 11) is -4.05. The number of hydrogen-bond acceptors (Lipinski definition) is 3. The van der Waals surface area contributed by atoms with E-state index in [9.17, 15) is 13.2 Å². The van der Waals surface area contributed by atoms with E-state index in [1.165, 1.54) is 6.92 Å². The van der Waals surface area contributed by atoms with Crippen LogP contribution in [-0.4, -0.2) is 54.1 Å². The third kappa shape index (κ3) is 7.00. The molecular weight excluding hydrogens is 191 g/mol. The second-order valence-corrected chi connectivity index (χ2v) is 3.75. The van der Waals surface area contributed by atoms with Crippen molar-refractivity contribution >= 4 is 45.5 Å². The van der Waals surface area contributed by atoms with Crippen LogP contribution in [-0.2, 0) is 14.9 Å². The summed E-state index contributed by atoms with van der Waals surface area (Å²) in [6.45, 7) is 4.60. The van der Waals surface area contributed by atoms with E-state index in [1.807, 2.05) is 0 Å². The molecular formula is C6H11NaO4S. The molecule has 66 valence electrons. The van der Waals surface area contributed by atoms with E-state index < -0.39 is 21.8 Å². The average Bonchev–Trinajstić information content (AvgIpc) is 1.82. The standard InChI is InChI=1S/C6H10O4S.Na.H/c1-3-6(7)5(2)4-11(8,9)10;;/h3,5H,1,4H2,2H3,(H,8,9,10);;. The van der Waals surface area contributed by atoms with Crippen molar-refractivity contribution < 1.29 is 17.8 Å². The third-order valence-corrected chi connectivity index (χ3v) is 2.07. The van der Waals surface area contributed by atoms with Gasteiger partial charge >= 0.3 is 29.6 Å². The molecule has 0 saturated heterocycles. The minimum absolute atomic E-state index is 0. The van der Waals surface area contributed by atoms with Crippen LogP contribution in [0, 0.1) is 5.92 Å². The first-order valence-electron chi connectivity index (χ1n) is 2.98. The van der Waals surface area contributed by atoms with Crippen LogP contribution in [0.25, 0.3) is 0 Å². The van der Waals surface area contributed by atoms with E-state index in [4.69, 9.17) is 4.55 Å². The van der Waals surface area contributed by atoms with Crippen LogP contribution in [0.3, 0.4) is 0 Å². The van der Waals surface area contributed by atoms with Gasteiger partial charge in [-0.15, -0.1) is 0 Å². The van der Waals surface area contributed by atoms with Crippen LogP contribution in [0.4, 0.5) is 0 Å². The van der Waals surface area contributed by atoms with E-state index in [2.05, 4.69) is 6.58 Å². The molecule has 0 radical (unpaired) electrons. The van der Waals surface area contributed by atoms with Crippen LogP contribution in [0.15, 0.2) is 12.7 Å². The molecule has 0 aromatic carbocycles. The van der Waals surface area contributed by atoms with Crippen LogP contribution in [0.2, 0.25) is 0 Å². The van der Waals surface area contributed by atoms with Crippen molar-refractivity contribution in [3.05, 3.63) is 12.7 Å². The molecule has 0 aromatic rings. The van der Waals surface area contributed by atoms with E-state index in [1.54, 1.807) is 0 Å². The van der Waals surface area contributed by atoms with Gasteiger partial charge in [0.1, 0.15) is 0 Å². The summed E-state index contributed by atoms with van der Waals surface area (Å²) >= 11 is 0. The topological polar surface area (TPSA) is 71.4 Å². The zero-order valence-corrected chi connectivity index (χ0v) is 6.97. The number of ketones is 1. The molecule has 0 heterocycles. The Labute approximate surface area is 94.1 Å². The predicted molar refractivity (Wildman–Crippen MR) is 47.9 cm³/mol. The Morgan fingerprint density at radius 1 is 1.67 bits per heavy atom. The summed E-state index contributed by atoms with van der Waals surface area (Å²) in [5, 5.41) is 0. The molecule has 6 heteroatoms. The van der Waals surface area contributed by atoms with Gasteiger partial charge in [-0.25, -0.2) is 0 Å². The van der Waals surface area contributed by atoms with Crippen molar-refractivity contribution in [1.82, 2.24) is 0 Å². The van der Waals surface area contributed by atoms with Crippen molar-refractivity contribution in [2.75, 3.05) is 5.75 Å². The maximum atomic E-state index is 10.7. The molecule has 1 N–H and O–H groups in total. The Morgan fingerprint density at radius 3 is 2.33 bits per heavy atom. The number of rotatable bonds is 4. The summed E-state index contributed by atoms with van der Waals surface area (Å²) in [6, 6.07) is 0. The molecule has 0 aliphatic rings. The van der Waals surface area contributed by atoms with Crippen molar-refractivity contribution in [2.45, 2.75) is 6.92 Å². The van der Waals surface area contributed by atoms with Crippen LogP contribution in [0.1, 0.15) is 6.92 Å². The number of hydrogen-bond donors (Lipinski definition) is 1. The first-order valence-corrected chi connectivity index (χ1v) is 4.59. The van der Waals surface area contributed by atoms with Gasteiger partial charge < -0.3 is 0 Å². The zero-order valence-electron chi connectivity index (χ0n) is 6.15. The fourth-order valence-corrected chi connectivity index (χ4v) is 1.40. The molecule has 0 aliphatic carbocycles. The minimum atomic E-state index is -4.05. The van der Waals surface area contributed by atoms with Crippen molar-refractivity contribution in [1.29, 1.82) is 0 Å². The van der Waals surface area contributed by atoms with Gasteiger partial charge in [0.25, 0.3) is 10.1 Å². The molecule has 0 aliphatic heterocycles. The van der Waals surface area contributed by atoms with Gasteiger partial charge in [0, 0.05) is 5.92 Å². The molecule has 0 saturated carbocycles. The fourth-order valence-electron chi connectivity index (χ4n) is 0.599. The van der Waals surface area contributed by atoms with Gasteiger partial charge in [-0.1, -0.05) is 13.5 Å². The molecule has 1 unspecified atom stereocenters. The van der Waals surface area contributed by atoms with Gasteiger partial charge in [-0.3, -0.25) is 9.35 Å². The van der Waals surface area contributed by atoms with Crippen molar-refractivity contribution in [3.8, 4) is 0 Å². The van der Waals surface area contributed by atoms with E-state index in [-0.39, 0.29) is 35.3 Å². The normalized spacial score (nSPS) is 12.8. The summed E-state index contributed by atoms with van der Waals surface area (Å²) in [5.41, 5.74) is 0. The molecule has 0 amide bonds. The van der Waals surface area contributed by atoms with Gasteiger partial charge in [0.05, 0.1) is 5.75 Å². The van der Waals surface area contributed by atoms with E-state index in [0.717, 1.165) is 6.08 Å². The maximum absolute atomic E-state index is 10.7. The van der Waals surface area contributed by atoms with Gasteiger partial charge in [0.2, 0.25) is 0 Å². The second kappa shape index (κ2) is 5.88. The quantitative estimate of drug-likeness (QED) is 0.383. The number of allylic oxidation sites excluding steroid dienone is 1. The van der Waals surface area contributed by atoms with Crippen molar-refractivity contribution in [3.63, 3.8) is 0 Å². The SMILES string of the molecule is C=CC(=O)C(C)CS(=O)(=O)O.[NaH]. The molecule has 12 heavy (non-hydrogen) atoms. The third-order valence-electron chi connectivity index (χ3n) is 1.15. The Kier molecular flexibility index (Phi) is 7.26. The molecule has 0 rings (SSSR count). The van der Waals surface area contributed by atoms with E-state index >= 15 is 0 Å². The van der Waals surface area contributed by atoms with E-state index in [0.29, 0.717) is 0 Å². The van der Waals surface area contributed by atoms with Crippen LogP contribution < -0.4 is 0 Å². The first-order chi connectivity index (χ1) is 4.87. The van der Waals surface area contributed by atoms with Crippen LogP contribution >= 0.6 is 0 Å². The predicted octanol–water partition coefficient (Wildman–Crippen LogP) is -0.383. The summed E-state index contributed by atoms with van der Waals surface area (Å²) in [4.78, 5) is 10.7. The summed E-state index contributed by atoms with van der Waals surface area (Å²) in [5.74, 6) is -1.65. The number of carbonyl (C=O) groups excluding carboxylic acids is 1. The monoisotopic (exact) mass is 202 g/mol. The number of carbonyl (C=O) groups is 1. The average molecular weight is 202 g/mol. The molecule has 1 atom stereocenters. The molecule has 0 aromatic heterocycles. The van der Waals surface area contributed by atoms with Gasteiger partial charge in [-0.05, 0) is 6.08 Å². The molecule has 0 fully saturated rings. The van der Waals surface area contributed by atoms with Gasteiger partial charge in [-0.2, -0.15) is 8.42 Å². The zero-order chi connectivity index (χ0) is 9.07. The molecule has 0 spiro atoms. The van der Waals surface area contributed by atoms with Crippen molar-refractivity contribution in [2.24, 2.45) is 5.92 Å². The Hall–Kier alpha value is 0.320. The Balaban J connectivity index is 0. The molecule has 0 bridgehead atoms. The summed E-state index contributed by atoms with van der Waals surface area (Å²) < 4.78 is 28.8. The fraction of sp³-hybridized carbons (Fsp3) is 0.500. The van der Waals surface area contributed by atoms with Crippen LogP contribution in [0.5, 0.6) is 0 Å². The molecule has 4 nitrogen and oxygen atoms in total. The summed E-state index contributed by atoms with van der Waals surface area (Å²) in [6.07, 6.45) is 1.04. The van der Waals surface area contributed by atoms with Gasteiger partial charge in [0.15, 0.2) is 5.78 Å². The Bertz CT molecular complexity index is 257.